The van der Waals surface area contributed by atoms with Crippen LogP contribution in [0.15, 0.2) is 6.07 Å². The average molecular weight is 202 g/mol. The minimum Gasteiger partial charge on any atom is -0.476 e. The van der Waals surface area contributed by atoms with E-state index in [4.69, 9.17) is 10.00 Å². The first-order chi connectivity index (χ1) is 7.20. The Morgan fingerprint density at radius 3 is 2.87 bits per heavy atom. The van der Waals surface area contributed by atoms with Crippen molar-refractivity contribution in [3.63, 3.8) is 0 Å². The van der Waals surface area contributed by atoms with Crippen molar-refractivity contribution < 1.29 is 4.74 Å². The van der Waals surface area contributed by atoms with Crippen molar-refractivity contribution in [3.05, 3.63) is 22.9 Å². The van der Waals surface area contributed by atoms with Crippen LogP contribution < -0.4 is 4.74 Å². The Morgan fingerprint density at radius 1 is 1.53 bits per heavy atom. The van der Waals surface area contributed by atoms with Crippen molar-refractivity contribution in [3.8, 4) is 11.9 Å². The number of nitriles is 1. The lowest BCUT2D eigenvalue weighted by atomic mass is 10.1. The number of ether oxygens (including phenoxy) is 1. The standard InChI is InChI=1S/C12H14N2O/c1-8-5-9(2)14-12(11(8)6-13)15-7-10-3-4-10/h5,10H,3-4,7H2,1-2H3. The highest BCUT2D eigenvalue weighted by Gasteiger charge is 2.23. The van der Waals surface area contributed by atoms with Crippen LogP contribution in [0.2, 0.25) is 0 Å². The summed E-state index contributed by atoms with van der Waals surface area (Å²) in [5, 5.41) is 9.00. The zero-order valence-electron chi connectivity index (χ0n) is 9.08. The minimum atomic E-state index is 0.502. The van der Waals surface area contributed by atoms with Gasteiger partial charge in [0, 0.05) is 5.69 Å². The van der Waals surface area contributed by atoms with Crippen LogP contribution >= 0.6 is 0 Å². The molecule has 3 heteroatoms. The van der Waals surface area contributed by atoms with Gasteiger partial charge in [-0.1, -0.05) is 0 Å². The summed E-state index contributed by atoms with van der Waals surface area (Å²) in [6, 6.07) is 4.05. The van der Waals surface area contributed by atoms with Crippen molar-refractivity contribution in [2.75, 3.05) is 6.61 Å². The van der Waals surface area contributed by atoms with E-state index in [2.05, 4.69) is 11.1 Å². The number of rotatable bonds is 3. The van der Waals surface area contributed by atoms with Gasteiger partial charge in [-0.25, -0.2) is 4.98 Å². The van der Waals surface area contributed by atoms with Crippen molar-refractivity contribution in [2.24, 2.45) is 5.92 Å². The predicted molar refractivity (Wildman–Crippen MR) is 56.6 cm³/mol. The van der Waals surface area contributed by atoms with Gasteiger partial charge in [-0.15, -0.1) is 0 Å². The molecule has 1 heterocycles. The first-order valence-corrected chi connectivity index (χ1v) is 5.22. The highest BCUT2D eigenvalue weighted by Crippen LogP contribution is 2.30. The van der Waals surface area contributed by atoms with E-state index in [1.165, 1.54) is 12.8 Å². The molecule has 1 aromatic rings. The molecule has 0 aliphatic heterocycles. The smallest absolute Gasteiger partial charge is 0.232 e. The van der Waals surface area contributed by atoms with E-state index >= 15 is 0 Å². The quantitative estimate of drug-likeness (QED) is 0.755. The SMILES string of the molecule is Cc1cc(C)c(C#N)c(OCC2CC2)n1. The Kier molecular flexibility index (Phi) is 2.59. The van der Waals surface area contributed by atoms with Crippen LogP contribution in [0.25, 0.3) is 0 Å². The first kappa shape index (κ1) is 9.97. The van der Waals surface area contributed by atoms with Crippen molar-refractivity contribution in [1.82, 2.24) is 4.98 Å². The molecular formula is C12H14N2O. The third-order valence-corrected chi connectivity index (χ3v) is 2.58. The maximum atomic E-state index is 9.00. The van der Waals surface area contributed by atoms with E-state index in [-0.39, 0.29) is 0 Å². The van der Waals surface area contributed by atoms with Gasteiger partial charge in [-0.05, 0) is 44.2 Å². The lowest BCUT2D eigenvalue weighted by Gasteiger charge is -2.08. The molecule has 0 atom stereocenters. The van der Waals surface area contributed by atoms with Gasteiger partial charge in [0.25, 0.3) is 0 Å². The molecule has 0 saturated heterocycles. The van der Waals surface area contributed by atoms with Gasteiger partial charge in [0.2, 0.25) is 5.88 Å². The highest BCUT2D eigenvalue weighted by molar-refractivity contribution is 5.45. The van der Waals surface area contributed by atoms with Crippen LogP contribution in [0.4, 0.5) is 0 Å². The molecular weight excluding hydrogens is 188 g/mol. The van der Waals surface area contributed by atoms with Crippen molar-refractivity contribution >= 4 is 0 Å². The number of pyridine rings is 1. The van der Waals surface area contributed by atoms with E-state index < -0.39 is 0 Å². The van der Waals surface area contributed by atoms with Gasteiger partial charge in [-0.3, -0.25) is 0 Å². The fourth-order valence-corrected chi connectivity index (χ4v) is 1.52. The molecule has 1 aliphatic rings. The third kappa shape index (κ3) is 2.27. The lowest BCUT2D eigenvalue weighted by molar-refractivity contribution is 0.287. The Labute approximate surface area is 89.7 Å². The van der Waals surface area contributed by atoms with E-state index in [0.717, 1.165) is 11.3 Å². The average Bonchev–Trinajstić information content (AvgIpc) is 2.97. The maximum absolute atomic E-state index is 9.00. The Balaban J connectivity index is 2.22. The molecule has 3 nitrogen and oxygen atoms in total. The van der Waals surface area contributed by atoms with Crippen molar-refractivity contribution in [2.45, 2.75) is 26.7 Å². The van der Waals surface area contributed by atoms with E-state index in [9.17, 15) is 0 Å². The van der Waals surface area contributed by atoms with Crippen molar-refractivity contribution in [1.29, 1.82) is 5.26 Å². The molecule has 0 unspecified atom stereocenters. The lowest BCUT2D eigenvalue weighted by Crippen LogP contribution is -2.04. The Bertz CT molecular complexity index is 416. The van der Waals surface area contributed by atoms with Gasteiger partial charge in [0.15, 0.2) is 0 Å². The van der Waals surface area contributed by atoms with Crippen LogP contribution in [-0.2, 0) is 0 Å². The Morgan fingerprint density at radius 2 is 2.27 bits per heavy atom. The molecule has 1 aliphatic carbocycles. The molecule has 15 heavy (non-hydrogen) atoms. The second-order valence-corrected chi connectivity index (χ2v) is 4.13. The molecule has 0 spiro atoms. The van der Waals surface area contributed by atoms with Crippen LogP contribution in [0.5, 0.6) is 5.88 Å². The van der Waals surface area contributed by atoms with Crippen LogP contribution in [0.3, 0.4) is 0 Å². The van der Waals surface area contributed by atoms with Crippen LogP contribution in [0, 0.1) is 31.1 Å². The number of hydrogen-bond acceptors (Lipinski definition) is 3. The first-order valence-electron chi connectivity index (χ1n) is 5.22. The monoisotopic (exact) mass is 202 g/mol. The largest absolute Gasteiger partial charge is 0.476 e. The van der Waals surface area contributed by atoms with E-state index in [1.807, 2.05) is 19.9 Å². The summed E-state index contributed by atoms with van der Waals surface area (Å²) < 4.78 is 5.58. The fraction of sp³-hybridized carbons (Fsp3) is 0.500. The van der Waals surface area contributed by atoms with E-state index in [0.29, 0.717) is 24.0 Å². The summed E-state index contributed by atoms with van der Waals surface area (Å²) in [4.78, 5) is 4.26. The van der Waals surface area contributed by atoms with E-state index in [1.54, 1.807) is 0 Å². The maximum Gasteiger partial charge on any atom is 0.232 e. The van der Waals surface area contributed by atoms with Gasteiger partial charge in [0.1, 0.15) is 11.6 Å². The zero-order chi connectivity index (χ0) is 10.8. The summed E-state index contributed by atoms with van der Waals surface area (Å²) in [5.74, 6) is 1.18. The Hall–Kier alpha value is -1.56. The summed E-state index contributed by atoms with van der Waals surface area (Å²) in [5.41, 5.74) is 2.41. The second-order valence-electron chi connectivity index (χ2n) is 4.13. The number of nitrogens with zero attached hydrogens (tertiary/aromatic N) is 2. The van der Waals surface area contributed by atoms with Gasteiger partial charge >= 0.3 is 0 Å². The molecule has 2 rings (SSSR count). The molecule has 78 valence electrons. The second kappa shape index (κ2) is 3.90. The summed E-state index contributed by atoms with van der Waals surface area (Å²) in [6.45, 7) is 4.53. The topological polar surface area (TPSA) is 45.9 Å². The number of hydrogen-bond donors (Lipinski definition) is 0. The number of aryl methyl sites for hydroxylation is 2. The molecule has 0 radical (unpaired) electrons. The van der Waals surface area contributed by atoms with Gasteiger partial charge < -0.3 is 4.74 Å². The molecule has 0 aromatic carbocycles. The number of aromatic nitrogens is 1. The van der Waals surface area contributed by atoms with Gasteiger partial charge in [-0.2, -0.15) is 5.26 Å². The summed E-state index contributed by atoms with van der Waals surface area (Å²) >= 11 is 0. The molecule has 0 amide bonds. The fourth-order valence-electron chi connectivity index (χ4n) is 1.52. The normalized spacial score (nSPS) is 14.7. The zero-order valence-corrected chi connectivity index (χ0v) is 9.08. The van der Waals surface area contributed by atoms with Crippen LogP contribution in [0.1, 0.15) is 29.7 Å². The molecule has 1 fully saturated rings. The third-order valence-electron chi connectivity index (χ3n) is 2.58. The molecule has 0 N–H and O–H groups in total. The summed E-state index contributed by atoms with van der Waals surface area (Å²) in [7, 11) is 0. The minimum absolute atomic E-state index is 0.502. The van der Waals surface area contributed by atoms with Gasteiger partial charge in [0.05, 0.1) is 6.61 Å². The van der Waals surface area contributed by atoms with Crippen LogP contribution in [-0.4, -0.2) is 11.6 Å². The molecule has 1 aromatic heterocycles. The predicted octanol–water partition coefficient (Wildman–Crippen LogP) is 2.36. The molecule has 0 bridgehead atoms. The summed E-state index contributed by atoms with van der Waals surface area (Å²) in [6.07, 6.45) is 2.49. The molecule has 1 saturated carbocycles. The highest BCUT2D eigenvalue weighted by atomic mass is 16.5.